The highest BCUT2D eigenvalue weighted by molar-refractivity contribution is 9.10. The van der Waals surface area contributed by atoms with Crippen molar-refractivity contribution in [1.82, 2.24) is 4.90 Å². The molecule has 2 heterocycles. The fourth-order valence-electron chi connectivity index (χ4n) is 2.62. The summed E-state index contributed by atoms with van der Waals surface area (Å²) in [5, 5.41) is 9.24. The highest BCUT2D eigenvalue weighted by Crippen LogP contribution is 2.45. The lowest BCUT2D eigenvalue weighted by atomic mass is 10.1. The van der Waals surface area contributed by atoms with Gasteiger partial charge in [0, 0.05) is 20.0 Å². The number of carbonyl (C=O) groups is 3. The first kappa shape index (κ1) is 19.3. The van der Waals surface area contributed by atoms with Gasteiger partial charge in [-0.2, -0.15) is 0 Å². The van der Waals surface area contributed by atoms with Gasteiger partial charge in [0.15, 0.2) is 0 Å². The van der Waals surface area contributed by atoms with Crippen LogP contribution in [0, 0.1) is 0 Å². The van der Waals surface area contributed by atoms with Crippen molar-refractivity contribution in [2.45, 2.75) is 23.2 Å². The van der Waals surface area contributed by atoms with Gasteiger partial charge in [-0.25, -0.2) is 9.59 Å². The van der Waals surface area contributed by atoms with E-state index >= 15 is 0 Å². The molecule has 2 atom stereocenters. The standard InChI is InChI=1S/C16H15BrN2O5S2/c1-2-24-16(23)7-3-4-9(8(17)5-7)26-10-6-25-14-11(18)13(20)19(14)12(10)15(21)22/h3-5,11,14H,2,6,18H2,1H3,(H,21,22)/t11-,14+/m1/s1. The summed E-state index contributed by atoms with van der Waals surface area (Å²) in [5.74, 6) is -1.52. The Labute approximate surface area is 166 Å². The van der Waals surface area contributed by atoms with Crippen LogP contribution < -0.4 is 5.73 Å². The minimum absolute atomic E-state index is 0.0215. The molecule has 1 amide bonds. The summed E-state index contributed by atoms with van der Waals surface area (Å²) >= 11 is 6.10. The third kappa shape index (κ3) is 3.38. The molecule has 1 saturated heterocycles. The molecule has 0 bridgehead atoms. The van der Waals surface area contributed by atoms with E-state index in [9.17, 15) is 19.5 Å². The normalized spacial score (nSPS) is 22.0. The maximum Gasteiger partial charge on any atom is 0.353 e. The maximum atomic E-state index is 12.0. The Bertz CT molecular complexity index is 829. The van der Waals surface area contributed by atoms with Gasteiger partial charge in [0.05, 0.1) is 12.2 Å². The van der Waals surface area contributed by atoms with Crippen molar-refractivity contribution in [3.8, 4) is 0 Å². The van der Waals surface area contributed by atoms with Crippen LogP contribution in [0.3, 0.4) is 0 Å². The van der Waals surface area contributed by atoms with Gasteiger partial charge in [-0.05, 0) is 41.1 Å². The van der Waals surface area contributed by atoms with Gasteiger partial charge in [0.2, 0.25) is 5.91 Å². The summed E-state index contributed by atoms with van der Waals surface area (Å²) in [4.78, 5) is 38.0. The van der Waals surface area contributed by atoms with Gasteiger partial charge in [-0.3, -0.25) is 9.69 Å². The van der Waals surface area contributed by atoms with Gasteiger partial charge in [-0.1, -0.05) is 11.8 Å². The van der Waals surface area contributed by atoms with E-state index in [2.05, 4.69) is 15.9 Å². The van der Waals surface area contributed by atoms with Crippen molar-refractivity contribution in [3.05, 3.63) is 38.8 Å². The van der Waals surface area contributed by atoms with Crippen LogP contribution in [0.5, 0.6) is 0 Å². The van der Waals surface area contributed by atoms with Gasteiger partial charge in [-0.15, -0.1) is 11.8 Å². The lowest BCUT2D eigenvalue weighted by molar-refractivity contribution is -0.147. The fraction of sp³-hybridized carbons (Fsp3) is 0.312. The second-order valence-electron chi connectivity index (χ2n) is 5.48. The van der Waals surface area contributed by atoms with Gasteiger partial charge in [0.25, 0.3) is 0 Å². The average molecular weight is 459 g/mol. The number of hydrogen-bond acceptors (Lipinski definition) is 7. The molecular weight excluding hydrogens is 444 g/mol. The number of esters is 1. The highest BCUT2D eigenvalue weighted by atomic mass is 79.9. The number of fused-ring (bicyclic) bond motifs is 1. The van der Waals surface area contributed by atoms with Crippen molar-refractivity contribution in [2.24, 2.45) is 5.73 Å². The smallest absolute Gasteiger partial charge is 0.353 e. The maximum absolute atomic E-state index is 12.0. The Balaban J connectivity index is 1.88. The van der Waals surface area contributed by atoms with Crippen molar-refractivity contribution >= 4 is 57.3 Å². The van der Waals surface area contributed by atoms with E-state index in [-0.39, 0.29) is 23.6 Å². The molecular formula is C16H15BrN2O5S2. The quantitative estimate of drug-likeness (QED) is 0.510. The number of thioether (sulfide) groups is 2. The zero-order valence-electron chi connectivity index (χ0n) is 13.6. The van der Waals surface area contributed by atoms with Crippen LogP contribution in [0.4, 0.5) is 0 Å². The van der Waals surface area contributed by atoms with E-state index in [1.54, 1.807) is 25.1 Å². The molecule has 1 aromatic rings. The van der Waals surface area contributed by atoms with E-state index in [0.717, 1.165) is 4.90 Å². The van der Waals surface area contributed by atoms with Crippen LogP contribution in [0.2, 0.25) is 0 Å². The second kappa shape index (κ2) is 7.63. The van der Waals surface area contributed by atoms with Gasteiger partial charge >= 0.3 is 11.9 Å². The Morgan fingerprint density at radius 1 is 1.50 bits per heavy atom. The first-order valence-corrected chi connectivity index (χ1v) is 10.3. The zero-order chi connectivity index (χ0) is 19.0. The molecule has 1 fully saturated rings. The van der Waals surface area contributed by atoms with Gasteiger partial charge < -0.3 is 15.6 Å². The number of nitrogens with zero attached hydrogens (tertiary/aromatic N) is 1. The summed E-state index contributed by atoms with van der Waals surface area (Å²) in [7, 11) is 0. The number of carbonyl (C=O) groups excluding carboxylic acids is 2. The van der Waals surface area contributed by atoms with Crippen molar-refractivity contribution in [2.75, 3.05) is 12.4 Å². The number of amides is 1. The van der Waals surface area contributed by atoms with Crippen LogP contribution in [0.1, 0.15) is 17.3 Å². The molecule has 0 aliphatic carbocycles. The van der Waals surface area contributed by atoms with Crippen LogP contribution in [0.15, 0.2) is 38.2 Å². The monoisotopic (exact) mass is 458 g/mol. The van der Waals surface area contributed by atoms with E-state index in [1.165, 1.54) is 28.4 Å². The minimum Gasteiger partial charge on any atom is -0.477 e. The molecule has 3 N–H and O–H groups in total. The number of carboxylic acid groups (broad SMARTS) is 1. The Morgan fingerprint density at radius 3 is 2.85 bits per heavy atom. The summed E-state index contributed by atoms with van der Waals surface area (Å²) < 4.78 is 5.61. The van der Waals surface area contributed by atoms with Gasteiger partial charge in [0.1, 0.15) is 17.1 Å². The fourth-order valence-corrected chi connectivity index (χ4v) is 5.67. The number of nitrogens with two attached hydrogens (primary N) is 1. The molecule has 0 spiro atoms. The molecule has 2 aliphatic heterocycles. The first-order valence-electron chi connectivity index (χ1n) is 7.66. The molecule has 138 valence electrons. The number of rotatable bonds is 5. The Kier molecular flexibility index (Phi) is 5.66. The number of benzene rings is 1. The Morgan fingerprint density at radius 2 is 2.23 bits per heavy atom. The van der Waals surface area contributed by atoms with Crippen LogP contribution >= 0.6 is 39.5 Å². The van der Waals surface area contributed by atoms with Crippen molar-refractivity contribution in [3.63, 3.8) is 0 Å². The number of carboxylic acids is 1. The minimum atomic E-state index is -1.16. The second-order valence-corrected chi connectivity index (χ2v) is 8.58. The third-order valence-corrected chi connectivity index (χ3v) is 7.42. The molecule has 2 aliphatic rings. The first-order chi connectivity index (χ1) is 12.3. The summed E-state index contributed by atoms with van der Waals surface area (Å²) in [5.41, 5.74) is 6.12. The van der Waals surface area contributed by atoms with Crippen molar-refractivity contribution in [1.29, 1.82) is 0 Å². The Hall–Kier alpha value is -1.49. The molecule has 10 heteroatoms. The van der Waals surface area contributed by atoms with Crippen LogP contribution in [0.25, 0.3) is 0 Å². The number of halogens is 1. The molecule has 0 radical (unpaired) electrons. The molecule has 0 unspecified atom stereocenters. The van der Waals surface area contributed by atoms with E-state index in [0.29, 0.717) is 20.7 Å². The summed E-state index contributed by atoms with van der Waals surface area (Å²) in [6.45, 7) is 2.01. The number of aliphatic carboxylic acids is 1. The topological polar surface area (TPSA) is 110 Å². The van der Waals surface area contributed by atoms with Crippen LogP contribution in [-0.4, -0.2) is 51.6 Å². The molecule has 3 rings (SSSR count). The molecule has 26 heavy (non-hydrogen) atoms. The number of β-lactam (4-membered cyclic amide) rings is 1. The van der Waals surface area contributed by atoms with E-state index < -0.39 is 18.0 Å². The lowest BCUT2D eigenvalue weighted by Gasteiger charge is -2.47. The molecule has 0 aromatic heterocycles. The lowest BCUT2D eigenvalue weighted by Crippen LogP contribution is -2.68. The summed E-state index contributed by atoms with van der Waals surface area (Å²) in [6.07, 6.45) is 0. The number of hydrogen-bond donors (Lipinski definition) is 2. The zero-order valence-corrected chi connectivity index (χ0v) is 16.8. The van der Waals surface area contributed by atoms with E-state index in [4.69, 9.17) is 10.5 Å². The molecule has 1 aromatic carbocycles. The predicted molar refractivity (Wildman–Crippen MR) is 102 cm³/mol. The highest BCUT2D eigenvalue weighted by Gasteiger charge is 2.51. The summed E-state index contributed by atoms with van der Waals surface area (Å²) in [6, 6.07) is 4.31. The predicted octanol–water partition coefficient (Wildman–Crippen LogP) is 2.26. The number of ether oxygens (including phenoxy) is 1. The van der Waals surface area contributed by atoms with Crippen LogP contribution in [-0.2, 0) is 14.3 Å². The SMILES string of the molecule is CCOC(=O)c1ccc(SC2=C(C(=O)O)N3C(=O)[C@@H](N)[C@@H]3SC2)c(Br)c1. The van der Waals surface area contributed by atoms with E-state index in [1.807, 2.05) is 0 Å². The molecule has 0 saturated carbocycles. The average Bonchev–Trinajstić information content (AvgIpc) is 2.62. The molecule has 7 nitrogen and oxygen atoms in total. The third-order valence-electron chi connectivity index (χ3n) is 3.85. The largest absolute Gasteiger partial charge is 0.477 e. The van der Waals surface area contributed by atoms with Crippen molar-refractivity contribution < 1.29 is 24.2 Å².